The highest BCUT2D eigenvalue weighted by Crippen LogP contribution is 2.43. The van der Waals surface area contributed by atoms with Crippen molar-refractivity contribution in [2.45, 2.75) is 56.8 Å². The fraction of sp³-hybridized carbons (Fsp3) is 0.647. The van der Waals surface area contributed by atoms with Gasteiger partial charge in [0.15, 0.2) is 11.6 Å². The molecule has 5 rings (SSSR count). The Morgan fingerprint density at radius 2 is 2.04 bits per heavy atom. The Balaban J connectivity index is 1.57. The molecule has 1 N–H and O–H groups in total. The van der Waals surface area contributed by atoms with Crippen LogP contribution in [0, 0.1) is 0 Å². The number of rotatable bonds is 2. The van der Waals surface area contributed by atoms with E-state index in [0.29, 0.717) is 30.6 Å². The van der Waals surface area contributed by atoms with Crippen molar-refractivity contribution < 1.29 is 23.0 Å². The summed E-state index contributed by atoms with van der Waals surface area (Å²) in [5.74, 6) is 0.423. The van der Waals surface area contributed by atoms with Gasteiger partial charge in [-0.1, -0.05) is 0 Å². The van der Waals surface area contributed by atoms with E-state index in [0.717, 1.165) is 25.7 Å². The number of anilines is 1. The van der Waals surface area contributed by atoms with Crippen LogP contribution in [0.3, 0.4) is 0 Å². The van der Waals surface area contributed by atoms with E-state index in [1.54, 1.807) is 6.92 Å². The second kappa shape index (κ2) is 5.26. The minimum Gasteiger partial charge on any atom is -0.374 e. The lowest BCUT2D eigenvalue weighted by atomic mass is 10.0. The van der Waals surface area contributed by atoms with Gasteiger partial charge in [0.1, 0.15) is 0 Å². The third-order valence-electron chi connectivity index (χ3n) is 5.89. The van der Waals surface area contributed by atoms with Crippen molar-refractivity contribution in [3.8, 4) is 11.4 Å². The predicted octanol–water partition coefficient (Wildman–Crippen LogP) is 2.07. The Labute approximate surface area is 153 Å². The molecule has 4 atom stereocenters. The van der Waals surface area contributed by atoms with Crippen LogP contribution in [0.4, 0.5) is 19.0 Å². The SMILES string of the molecule is C[C@H]1Cn2nc(N3C[C@H]4C[C@@H]3CO4)cc2-c2cnc([C@@](C)(O)C(F)(F)F)n21. The third kappa shape index (κ3) is 2.29. The van der Waals surface area contributed by atoms with Crippen LogP contribution >= 0.6 is 0 Å². The first-order valence-corrected chi connectivity index (χ1v) is 9.00. The van der Waals surface area contributed by atoms with E-state index in [2.05, 4.69) is 15.0 Å². The van der Waals surface area contributed by atoms with Gasteiger partial charge in [0, 0.05) is 12.6 Å². The quantitative estimate of drug-likeness (QED) is 0.860. The molecule has 0 aliphatic carbocycles. The summed E-state index contributed by atoms with van der Waals surface area (Å²) < 4.78 is 49.0. The van der Waals surface area contributed by atoms with Crippen molar-refractivity contribution in [1.29, 1.82) is 0 Å². The van der Waals surface area contributed by atoms with Gasteiger partial charge in [-0.3, -0.25) is 4.68 Å². The van der Waals surface area contributed by atoms with Gasteiger partial charge in [0.05, 0.1) is 48.9 Å². The molecule has 146 valence electrons. The standard InChI is InChI=1S/C17H20F3N5O2/c1-9-6-24-12(4-14(22-24)23-7-11-3-10(23)8-27-11)13-5-21-15(25(9)13)16(2,26)17(18,19)20/h4-5,9-11,26H,3,6-8H2,1-2H3/t9-,10+,11+,16+/m0/s1. The molecule has 2 saturated heterocycles. The summed E-state index contributed by atoms with van der Waals surface area (Å²) in [6, 6.07) is 1.88. The number of aliphatic hydroxyl groups is 1. The van der Waals surface area contributed by atoms with E-state index in [-0.39, 0.29) is 18.0 Å². The Morgan fingerprint density at radius 1 is 1.26 bits per heavy atom. The molecule has 2 aromatic rings. The first-order chi connectivity index (χ1) is 12.7. The largest absolute Gasteiger partial charge is 0.424 e. The number of hydrogen-bond acceptors (Lipinski definition) is 5. The summed E-state index contributed by atoms with van der Waals surface area (Å²) in [7, 11) is 0. The van der Waals surface area contributed by atoms with Crippen LogP contribution in [0.2, 0.25) is 0 Å². The molecule has 5 heterocycles. The summed E-state index contributed by atoms with van der Waals surface area (Å²) >= 11 is 0. The summed E-state index contributed by atoms with van der Waals surface area (Å²) in [6.07, 6.45) is -2.21. The van der Waals surface area contributed by atoms with E-state index in [1.165, 1.54) is 10.8 Å². The first kappa shape index (κ1) is 17.1. The highest BCUT2D eigenvalue weighted by atomic mass is 19.4. The first-order valence-electron chi connectivity index (χ1n) is 9.00. The number of fused-ring (bicyclic) bond motifs is 5. The third-order valence-corrected chi connectivity index (χ3v) is 5.89. The molecule has 0 amide bonds. The van der Waals surface area contributed by atoms with Crippen LogP contribution in [-0.4, -0.2) is 55.9 Å². The van der Waals surface area contributed by atoms with Gasteiger partial charge in [0.25, 0.3) is 0 Å². The number of halogens is 3. The van der Waals surface area contributed by atoms with Crippen molar-refractivity contribution in [2.24, 2.45) is 0 Å². The Bertz CT molecular complexity index is 903. The fourth-order valence-corrected chi connectivity index (χ4v) is 4.38. The van der Waals surface area contributed by atoms with Crippen molar-refractivity contribution in [1.82, 2.24) is 19.3 Å². The summed E-state index contributed by atoms with van der Waals surface area (Å²) in [5.41, 5.74) is -1.77. The van der Waals surface area contributed by atoms with E-state index in [1.807, 2.05) is 10.7 Å². The highest BCUT2D eigenvalue weighted by molar-refractivity contribution is 5.63. The fourth-order valence-electron chi connectivity index (χ4n) is 4.38. The molecule has 2 aromatic heterocycles. The normalized spacial score (nSPS) is 29.0. The van der Waals surface area contributed by atoms with Gasteiger partial charge in [-0.05, 0) is 20.3 Å². The molecule has 0 unspecified atom stereocenters. The lowest BCUT2D eigenvalue weighted by Gasteiger charge is -2.31. The van der Waals surface area contributed by atoms with Crippen molar-refractivity contribution in [2.75, 3.05) is 18.1 Å². The molecule has 10 heteroatoms. The molecule has 7 nitrogen and oxygen atoms in total. The molecule has 2 fully saturated rings. The number of alkyl halides is 3. The van der Waals surface area contributed by atoms with E-state index < -0.39 is 11.8 Å². The Hall–Kier alpha value is -2.07. The second-order valence-corrected chi connectivity index (χ2v) is 7.82. The molecule has 0 aromatic carbocycles. The molecule has 3 aliphatic heterocycles. The second-order valence-electron chi connectivity index (χ2n) is 7.82. The van der Waals surface area contributed by atoms with E-state index in [9.17, 15) is 18.3 Å². The van der Waals surface area contributed by atoms with Crippen LogP contribution < -0.4 is 4.90 Å². The molecule has 0 saturated carbocycles. The molecular weight excluding hydrogens is 363 g/mol. The maximum absolute atomic E-state index is 13.3. The van der Waals surface area contributed by atoms with Gasteiger partial charge in [-0.25, -0.2) is 4.98 Å². The van der Waals surface area contributed by atoms with Gasteiger partial charge in [-0.2, -0.15) is 18.3 Å². The summed E-state index contributed by atoms with van der Waals surface area (Å²) in [6.45, 7) is 4.42. The molecule has 0 spiro atoms. The smallest absolute Gasteiger partial charge is 0.374 e. The van der Waals surface area contributed by atoms with Crippen LogP contribution in [0.5, 0.6) is 0 Å². The molecule has 3 aliphatic rings. The summed E-state index contributed by atoms with van der Waals surface area (Å²) in [4.78, 5) is 6.15. The maximum atomic E-state index is 13.3. The number of imidazole rings is 1. The molecule has 0 radical (unpaired) electrons. The van der Waals surface area contributed by atoms with E-state index >= 15 is 0 Å². The van der Waals surface area contributed by atoms with Crippen LogP contribution in [0.1, 0.15) is 32.1 Å². The average molecular weight is 383 g/mol. The topological polar surface area (TPSA) is 68.3 Å². The highest BCUT2D eigenvalue weighted by Gasteiger charge is 2.55. The molecular formula is C17H20F3N5O2. The minimum atomic E-state index is -4.81. The lowest BCUT2D eigenvalue weighted by Crippen LogP contribution is -2.42. The number of morpholine rings is 1. The maximum Gasteiger partial charge on any atom is 0.424 e. The van der Waals surface area contributed by atoms with Crippen LogP contribution in [0.15, 0.2) is 12.3 Å². The van der Waals surface area contributed by atoms with Gasteiger partial charge >= 0.3 is 6.18 Å². The summed E-state index contributed by atoms with van der Waals surface area (Å²) in [5, 5.41) is 14.8. The minimum absolute atomic E-state index is 0.228. The van der Waals surface area contributed by atoms with Crippen molar-refractivity contribution in [3.63, 3.8) is 0 Å². The number of aromatic nitrogens is 4. The van der Waals surface area contributed by atoms with Crippen molar-refractivity contribution >= 4 is 5.82 Å². The van der Waals surface area contributed by atoms with Gasteiger partial charge < -0.3 is 19.3 Å². The number of hydrogen-bond donors (Lipinski definition) is 1. The van der Waals surface area contributed by atoms with Gasteiger partial charge in [0.2, 0.25) is 5.60 Å². The zero-order chi connectivity index (χ0) is 19.1. The van der Waals surface area contributed by atoms with Crippen LogP contribution in [-0.2, 0) is 16.9 Å². The number of ether oxygens (including phenoxy) is 1. The number of nitrogens with zero attached hydrogens (tertiary/aromatic N) is 5. The Morgan fingerprint density at radius 3 is 2.67 bits per heavy atom. The van der Waals surface area contributed by atoms with Gasteiger partial charge in [-0.15, -0.1) is 0 Å². The zero-order valence-corrected chi connectivity index (χ0v) is 14.9. The lowest BCUT2D eigenvalue weighted by molar-refractivity contribution is -0.262. The monoisotopic (exact) mass is 383 g/mol. The molecule has 27 heavy (non-hydrogen) atoms. The zero-order valence-electron chi connectivity index (χ0n) is 14.9. The average Bonchev–Trinajstić information content (AvgIpc) is 3.34. The molecule has 2 bridgehead atoms. The predicted molar refractivity (Wildman–Crippen MR) is 89.3 cm³/mol. The van der Waals surface area contributed by atoms with E-state index in [4.69, 9.17) is 4.74 Å². The van der Waals surface area contributed by atoms with Crippen LogP contribution in [0.25, 0.3) is 11.4 Å². The Kier molecular flexibility index (Phi) is 3.32. The van der Waals surface area contributed by atoms with Crippen molar-refractivity contribution in [3.05, 3.63) is 18.1 Å².